The van der Waals surface area contributed by atoms with Crippen LogP contribution in [0.15, 0.2) is 36.9 Å². The number of rotatable bonds is 6. The molecule has 0 spiro atoms. The van der Waals surface area contributed by atoms with E-state index in [9.17, 15) is 0 Å². The molecule has 1 aromatic carbocycles. The Balaban J connectivity index is 2.24. The second-order valence-corrected chi connectivity index (χ2v) is 3.18. The van der Waals surface area contributed by atoms with Crippen LogP contribution >= 0.6 is 11.6 Å². The summed E-state index contributed by atoms with van der Waals surface area (Å²) in [5, 5.41) is 3.79. The highest BCUT2D eigenvalue weighted by Crippen LogP contribution is 2.22. The Morgan fingerprint density at radius 1 is 1.43 bits per heavy atom. The first kappa shape index (κ1) is 11.1. The maximum Gasteiger partial charge on any atom is 0.137 e. The number of benzene rings is 1. The summed E-state index contributed by atoms with van der Waals surface area (Å²) in [6, 6.07) is 7.45. The van der Waals surface area contributed by atoms with Gasteiger partial charge in [-0.1, -0.05) is 29.8 Å². The van der Waals surface area contributed by atoms with Crippen LogP contribution in [0.1, 0.15) is 0 Å². The van der Waals surface area contributed by atoms with Crippen molar-refractivity contribution in [1.82, 2.24) is 5.32 Å². The molecule has 3 heteroatoms. The van der Waals surface area contributed by atoms with E-state index >= 15 is 0 Å². The van der Waals surface area contributed by atoms with Gasteiger partial charge in [0, 0.05) is 13.1 Å². The van der Waals surface area contributed by atoms with Crippen LogP contribution < -0.4 is 10.1 Å². The van der Waals surface area contributed by atoms with Crippen molar-refractivity contribution in [3.8, 4) is 5.75 Å². The summed E-state index contributed by atoms with van der Waals surface area (Å²) >= 11 is 5.90. The van der Waals surface area contributed by atoms with Gasteiger partial charge in [0.25, 0.3) is 0 Å². The summed E-state index contributed by atoms with van der Waals surface area (Å²) < 4.78 is 5.45. The second-order valence-electron chi connectivity index (χ2n) is 2.77. The maximum absolute atomic E-state index is 5.90. The zero-order valence-corrected chi connectivity index (χ0v) is 8.76. The van der Waals surface area contributed by atoms with E-state index in [4.69, 9.17) is 16.3 Å². The number of hydrogen-bond acceptors (Lipinski definition) is 2. The van der Waals surface area contributed by atoms with E-state index in [1.807, 2.05) is 30.3 Å². The first-order valence-electron chi connectivity index (χ1n) is 4.53. The SMILES string of the molecule is C=CCNCCOc1ccccc1Cl. The molecule has 0 radical (unpaired) electrons. The van der Waals surface area contributed by atoms with Gasteiger partial charge in [-0.3, -0.25) is 0 Å². The molecule has 1 N–H and O–H groups in total. The first-order valence-corrected chi connectivity index (χ1v) is 4.91. The lowest BCUT2D eigenvalue weighted by Gasteiger charge is -2.07. The smallest absolute Gasteiger partial charge is 0.137 e. The summed E-state index contributed by atoms with van der Waals surface area (Å²) in [6.45, 7) is 5.80. The maximum atomic E-state index is 5.90. The minimum absolute atomic E-state index is 0.609. The predicted octanol–water partition coefficient (Wildman–Crippen LogP) is 2.49. The van der Waals surface area contributed by atoms with Crippen LogP contribution in [0.25, 0.3) is 0 Å². The zero-order valence-electron chi connectivity index (χ0n) is 8.00. The van der Waals surface area contributed by atoms with E-state index in [-0.39, 0.29) is 0 Å². The third kappa shape index (κ3) is 3.81. The van der Waals surface area contributed by atoms with Gasteiger partial charge in [-0.2, -0.15) is 0 Å². The van der Waals surface area contributed by atoms with E-state index in [0.29, 0.717) is 11.6 Å². The molecule has 0 aromatic heterocycles. The highest BCUT2D eigenvalue weighted by atomic mass is 35.5. The molecule has 1 rings (SSSR count). The van der Waals surface area contributed by atoms with E-state index in [0.717, 1.165) is 18.8 Å². The Labute approximate surface area is 89.5 Å². The second kappa shape index (κ2) is 6.46. The minimum atomic E-state index is 0.609. The van der Waals surface area contributed by atoms with E-state index in [2.05, 4.69) is 11.9 Å². The van der Waals surface area contributed by atoms with Crippen LogP contribution in [-0.4, -0.2) is 19.7 Å². The summed E-state index contributed by atoms with van der Waals surface area (Å²) in [6.07, 6.45) is 1.81. The molecule has 0 aliphatic rings. The van der Waals surface area contributed by atoms with Gasteiger partial charge < -0.3 is 10.1 Å². The summed E-state index contributed by atoms with van der Waals surface area (Å²) in [5.41, 5.74) is 0. The molecular weight excluding hydrogens is 198 g/mol. The molecule has 0 aliphatic carbocycles. The Morgan fingerprint density at radius 2 is 2.21 bits per heavy atom. The third-order valence-electron chi connectivity index (χ3n) is 1.66. The van der Waals surface area contributed by atoms with Crippen LogP contribution in [0, 0.1) is 0 Å². The lowest BCUT2D eigenvalue weighted by molar-refractivity contribution is 0.316. The lowest BCUT2D eigenvalue weighted by atomic mass is 10.3. The summed E-state index contributed by atoms with van der Waals surface area (Å²) in [4.78, 5) is 0. The van der Waals surface area contributed by atoms with Gasteiger partial charge in [-0.25, -0.2) is 0 Å². The third-order valence-corrected chi connectivity index (χ3v) is 1.97. The van der Waals surface area contributed by atoms with Crippen LogP contribution in [0.5, 0.6) is 5.75 Å². The topological polar surface area (TPSA) is 21.3 Å². The largest absolute Gasteiger partial charge is 0.491 e. The van der Waals surface area contributed by atoms with E-state index in [1.165, 1.54) is 0 Å². The number of para-hydroxylation sites is 1. The van der Waals surface area contributed by atoms with Crippen molar-refractivity contribution in [3.05, 3.63) is 41.9 Å². The standard InChI is InChI=1S/C11H14ClNO/c1-2-7-13-8-9-14-11-6-4-3-5-10(11)12/h2-6,13H,1,7-9H2. The quantitative estimate of drug-likeness (QED) is 0.577. The Bertz CT molecular complexity index is 288. The fourth-order valence-electron chi connectivity index (χ4n) is 0.999. The summed E-state index contributed by atoms with van der Waals surface area (Å²) in [7, 11) is 0. The molecule has 0 aliphatic heterocycles. The van der Waals surface area contributed by atoms with Gasteiger partial charge in [-0.15, -0.1) is 6.58 Å². The molecule has 0 atom stereocenters. The molecule has 0 bridgehead atoms. The Morgan fingerprint density at radius 3 is 2.93 bits per heavy atom. The monoisotopic (exact) mass is 211 g/mol. The minimum Gasteiger partial charge on any atom is -0.491 e. The lowest BCUT2D eigenvalue weighted by Crippen LogP contribution is -2.20. The fourth-order valence-corrected chi connectivity index (χ4v) is 1.19. The van der Waals surface area contributed by atoms with E-state index in [1.54, 1.807) is 0 Å². The molecule has 2 nitrogen and oxygen atoms in total. The molecule has 0 amide bonds. The first-order chi connectivity index (χ1) is 6.84. The van der Waals surface area contributed by atoms with Gasteiger partial charge in [0.2, 0.25) is 0 Å². The van der Waals surface area contributed by atoms with Crippen molar-refractivity contribution in [3.63, 3.8) is 0 Å². The highest BCUT2D eigenvalue weighted by molar-refractivity contribution is 6.32. The van der Waals surface area contributed by atoms with Gasteiger partial charge in [0.1, 0.15) is 12.4 Å². The van der Waals surface area contributed by atoms with Gasteiger partial charge in [0.15, 0.2) is 0 Å². The van der Waals surface area contributed by atoms with Gasteiger partial charge >= 0.3 is 0 Å². The van der Waals surface area contributed by atoms with Crippen molar-refractivity contribution < 1.29 is 4.74 Å². The molecule has 0 unspecified atom stereocenters. The normalized spacial score (nSPS) is 9.79. The fraction of sp³-hybridized carbons (Fsp3) is 0.273. The summed E-state index contributed by atoms with van der Waals surface area (Å²) in [5.74, 6) is 0.731. The number of nitrogens with one attached hydrogen (secondary N) is 1. The molecule has 0 saturated heterocycles. The van der Waals surface area contributed by atoms with Crippen molar-refractivity contribution in [2.45, 2.75) is 0 Å². The Kier molecular flexibility index (Phi) is 5.12. The Hall–Kier alpha value is -0.990. The van der Waals surface area contributed by atoms with Crippen LogP contribution in [0.3, 0.4) is 0 Å². The number of halogens is 1. The van der Waals surface area contributed by atoms with Crippen LogP contribution in [0.4, 0.5) is 0 Å². The van der Waals surface area contributed by atoms with Gasteiger partial charge in [0.05, 0.1) is 5.02 Å². The average molecular weight is 212 g/mol. The zero-order chi connectivity index (χ0) is 10.2. The number of hydrogen-bond donors (Lipinski definition) is 1. The highest BCUT2D eigenvalue weighted by Gasteiger charge is 1.97. The van der Waals surface area contributed by atoms with Crippen LogP contribution in [0.2, 0.25) is 5.02 Å². The van der Waals surface area contributed by atoms with Crippen molar-refractivity contribution in [1.29, 1.82) is 0 Å². The molecule has 0 fully saturated rings. The van der Waals surface area contributed by atoms with Crippen molar-refractivity contribution in [2.75, 3.05) is 19.7 Å². The van der Waals surface area contributed by atoms with Crippen LogP contribution in [-0.2, 0) is 0 Å². The van der Waals surface area contributed by atoms with Crippen molar-refractivity contribution >= 4 is 11.6 Å². The van der Waals surface area contributed by atoms with E-state index < -0.39 is 0 Å². The molecule has 1 aromatic rings. The molecular formula is C11H14ClNO. The molecule has 0 heterocycles. The van der Waals surface area contributed by atoms with Crippen molar-refractivity contribution in [2.24, 2.45) is 0 Å². The average Bonchev–Trinajstić information content (AvgIpc) is 2.20. The predicted molar refractivity (Wildman–Crippen MR) is 60.0 cm³/mol. The molecule has 76 valence electrons. The number of ether oxygens (including phenoxy) is 1. The molecule has 0 saturated carbocycles. The molecule has 14 heavy (non-hydrogen) atoms. The van der Waals surface area contributed by atoms with Gasteiger partial charge in [-0.05, 0) is 12.1 Å².